The van der Waals surface area contributed by atoms with Crippen LogP contribution < -0.4 is 20.4 Å². The Morgan fingerprint density at radius 3 is 2.19 bits per heavy atom. The topological polar surface area (TPSA) is 43.4 Å². The fraction of sp³-hybridized carbons (Fsp3) is 0.400. The van der Waals surface area contributed by atoms with E-state index in [1.54, 1.807) is 0 Å². The molecule has 1 aromatic heterocycles. The van der Waals surface area contributed by atoms with Gasteiger partial charge in [-0.1, -0.05) is 18.2 Å². The lowest BCUT2D eigenvalue weighted by molar-refractivity contribution is 0.515. The highest BCUT2D eigenvalue weighted by Crippen LogP contribution is 2.20. The van der Waals surface area contributed by atoms with Gasteiger partial charge in [-0.15, -0.1) is 0 Å². The fourth-order valence-electron chi connectivity index (χ4n) is 2.98. The van der Waals surface area contributed by atoms with E-state index in [1.165, 1.54) is 5.69 Å². The van der Waals surface area contributed by atoms with Gasteiger partial charge < -0.3 is 20.4 Å². The third kappa shape index (κ3) is 5.08. The Labute approximate surface area is 161 Å². The number of nitrogens with zero attached hydrogens (tertiary/aromatic N) is 3. The van der Waals surface area contributed by atoms with Crippen LogP contribution in [0.3, 0.4) is 0 Å². The third-order valence-electron chi connectivity index (χ3n) is 4.22. The van der Waals surface area contributed by atoms with E-state index < -0.39 is 0 Å². The molecule has 5 nitrogen and oxygen atoms in total. The highest BCUT2D eigenvalue weighted by atomic mass is 32.1. The summed E-state index contributed by atoms with van der Waals surface area (Å²) in [6.45, 7) is 10.2. The predicted molar refractivity (Wildman–Crippen MR) is 114 cm³/mol. The van der Waals surface area contributed by atoms with Gasteiger partial charge in [0.25, 0.3) is 0 Å². The lowest BCUT2D eigenvalue weighted by Crippen LogP contribution is -2.46. The minimum absolute atomic E-state index is 0.0596. The maximum absolute atomic E-state index is 5.34. The number of aromatic nitrogens is 1. The first-order valence-corrected chi connectivity index (χ1v) is 9.42. The van der Waals surface area contributed by atoms with E-state index in [4.69, 9.17) is 12.2 Å². The molecule has 1 aliphatic rings. The average Bonchev–Trinajstić information content (AvgIpc) is 2.62. The Bertz CT molecular complexity index is 716. The molecule has 0 radical (unpaired) electrons. The zero-order valence-corrected chi connectivity index (χ0v) is 16.5. The third-order valence-corrected chi connectivity index (χ3v) is 4.42. The monoisotopic (exact) mass is 369 g/mol. The number of para-hydroxylation sites is 1. The number of pyridine rings is 1. The number of rotatable bonds is 3. The number of benzene rings is 1. The molecule has 0 atom stereocenters. The summed E-state index contributed by atoms with van der Waals surface area (Å²) in [5.74, 6) is 1.01. The van der Waals surface area contributed by atoms with Crippen molar-refractivity contribution in [1.29, 1.82) is 0 Å². The molecule has 1 saturated heterocycles. The quantitative estimate of drug-likeness (QED) is 0.808. The number of hydrogen-bond acceptors (Lipinski definition) is 4. The molecule has 0 saturated carbocycles. The molecule has 3 rings (SSSR count). The second-order valence-corrected chi connectivity index (χ2v) is 7.95. The minimum atomic E-state index is -0.0596. The van der Waals surface area contributed by atoms with Crippen LogP contribution in [0.4, 0.5) is 17.2 Å². The van der Waals surface area contributed by atoms with Crippen molar-refractivity contribution >= 4 is 34.5 Å². The fourth-order valence-corrected chi connectivity index (χ4v) is 3.41. The van der Waals surface area contributed by atoms with Gasteiger partial charge in [0, 0.05) is 37.4 Å². The van der Waals surface area contributed by atoms with Crippen LogP contribution in [-0.4, -0.2) is 41.8 Å². The molecule has 0 bridgehead atoms. The van der Waals surface area contributed by atoms with Gasteiger partial charge in [0.05, 0.1) is 11.9 Å². The molecule has 0 amide bonds. The van der Waals surface area contributed by atoms with Gasteiger partial charge in [0.2, 0.25) is 0 Å². The van der Waals surface area contributed by atoms with E-state index in [2.05, 4.69) is 82.6 Å². The Hall–Kier alpha value is -2.34. The highest BCUT2D eigenvalue weighted by molar-refractivity contribution is 7.80. The molecule has 0 aliphatic carbocycles. The number of piperazine rings is 1. The molecule has 1 aromatic carbocycles. The molecular formula is C20H27N5S. The highest BCUT2D eigenvalue weighted by Gasteiger charge is 2.18. The lowest BCUT2D eigenvalue weighted by atomic mass is 10.1. The molecule has 2 aromatic rings. The molecule has 6 heteroatoms. The van der Waals surface area contributed by atoms with Crippen LogP contribution in [0, 0.1) is 0 Å². The van der Waals surface area contributed by atoms with Crippen molar-refractivity contribution in [2.24, 2.45) is 0 Å². The van der Waals surface area contributed by atoms with E-state index in [9.17, 15) is 0 Å². The first-order chi connectivity index (χ1) is 12.4. The van der Waals surface area contributed by atoms with Gasteiger partial charge in [-0.3, -0.25) is 0 Å². The van der Waals surface area contributed by atoms with Gasteiger partial charge >= 0.3 is 0 Å². The van der Waals surface area contributed by atoms with Gasteiger partial charge in [-0.2, -0.15) is 0 Å². The van der Waals surface area contributed by atoms with Crippen LogP contribution in [0.25, 0.3) is 0 Å². The molecule has 0 spiro atoms. The molecule has 0 unspecified atom stereocenters. The first kappa shape index (κ1) is 18.5. The standard InChI is InChI=1S/C20H27N5S/c1-20(2,3)23-19(26)22-16-9-10-18(21-15-16)25-13-11-24(12-14-25)17-7-5-4-6-8-17/h4-10,15H,11-14H2,1-3H3,(H2,22,23,26). The Morgan fingerprint density at radius 1 is 0.962 bits per heavy atom. The van der Waals surface area contributed by atoms with Crippen molar-refractivity contribution in [2.75, 3.05) is 41.3 Å². The summed E-state index contributed by atoms with van der Waals surface area (Å²) in [4.78, 5) is 9.36. The van der Waals surface area contributed by atoms with E-state index >= 15 is 0 Å². The maximum Gasteiger partial charge on any atom is 0.171 e. The van der Waals surface area contributed by atoms with Crippen LogP contribution in [0.2, 0.25) is 0 Å². The van der Waals surface area contributed by atoms with Crippen LogP contribution in [-0.2, 0) is 0 Å². The second kappa shape index (κ2) is 7.91. The molecule has 2 heterocycles. The van der Waals surface area contributed by atoms with Crippen LogP contribution in [0.5, 0.6) is 0 Å². The summed E-state index contributed by atoms with van der Waals surface area (Å²) in [7, 11) is 0. The van der Waals surface area contributed by atoms with Gasteiger partial charge in [-0.25, -0.2) is 4.98 Å². The number of anilines is 3. The van der Waals surface area contributed by atoms with Gasteiger partial charge in [0.15, 0.2) is 5.11 Å². The Morgan fingerprint density at radius 2 is 1.62 bits per heavy atom. The van der Waals surface area contributed by atoms with E-state index in [0.717, 1.165) is 37.7 Å². The van der Waals surface area contributed by atoms with Crippen LogP contribution >= 0.6 is 12.2 Å². The zero-order valence-electron chi connectivity index (χ0n) is 15.7. The minimum Gasteiger partial charge on any atom is -0.368 e. The van der Waals surface area contributed by atoms with Crippen molar-refractivity contribution < 1.29 is 0 Å². The first-order valence-electron chi connectivity index (χ1n) is 9.01. The summed E-state index contributed by atoms with van der Waals surface area (Å²) in [5.41, 5.74) is 2.13. The summed E-state index contributed by atoms with van der Waals surface area (Å²) in [5, 5.41) is 7.05. The zero-order chi connectivity index (χ0) is 18.6. The van der Waals surface area contributed by atoms with Crippen molar-refractivity contribution in [3.05, 3.63) is 48.7 Å². The van der Waals surface area contributed by atoms with Crippen molar-refractivity contribution in [2.45, 2.75) is 26.3 Å². The molecule has 2 N–H and O–H groups in total. The maximum atomic E-state index is 5.34. The summed E-state index contributed by atoms with van der Waals surface area (Å²) in [6, 6.07) is 14.7. The average molecular weight is 370 g/mol. The summed E-state index contributed by atoms with van der Waals surface area (Å²) >= 11 is 5.34. The van der Waals surface area contributed by atoms with E-state index in [1.807, 2.05) is 12.3 Å². The number of hydrogen-bond donors (Lipinski definition) is 2. The molecule has 138 valence electrons. The van der Waals surface area contributed by atoms with E-state index in [-0.39, 0.29) is 5.54 Å². The van der Waals surface area contributed by atoms with Gasteiger partial charge in [-0.05, 0) is 57.3 Å². The second-order valence-electron chi connectivity index (χ2n) is 7.54. The van der Waals surface area contributed by atoms with Crippen molar-refractivity contribution in [3.8, 4) is 0 Å². The van der Waals surface area contributed by atoms with Gasteiger partial charge in [0.1, 0.15) is 5.82 Å². The summed E-state index contributed by atoms with van der Waals surface area (Å²) < 4.78 is 0. The number of thiocarbonyl (C=S) groups is 1. The Balaban J connectivity index is 1.54. The molecule has 26 heavy (non-hydrogen) atoms. The van der Waals surface area contributed by atoms with Crippen LogP contribution in [0.15, 0.2) is 48.7 Å². The largest absolute Gasteiger partial charge is 0.368 e. The summed E-state index contributed by atoms with van der Waals surface area (Å²) in [6.07, 6.45) is 1.84. The van der Waals surface area contributed by atoms with Crippen molar-refractivity contribution in [1.82, 2.24) is 10.3 Å². The SMILES string of the molecule is CC(C)(C)NC(=S)Nc1ccc(N2CCN(c3ccccc3)CC2)nc1. The normalized spacial score (nSPS) is 14.9. The number of nitrogens with one attached hydrogen (secondary N) is 2. The molecule has 1 fully saturated rings. The molecular weight excluding hydrogens is 342 g/mol. The smallest absolute Gasteiger partial charge is 0.171 e. The van der Waals surface area contributed by atoms with E-state index in [0.29, 0.717) is 5.11 Å². The Kier molecular flexibility index (Phi) is 5.61. The molecule has 1 aliphatic heterocycles. The lowest BCUT2D eigenvalue weighted by Gasteiger charge is -2.36. The predicted octanol–water partition coefficient (Wildman–Crippen LogP) is 3.49. The van der Waals surface area contributed by atoms with Crippen molar-refractivity contribution in [3.63, 3.8) is 0 Å². The van der Waals surface area contributed by atoms with Crippen LogP contribution in [0.1, 0.15) is 20.8 Å².